The van der Waals surface area contributed by atoms with Crippen LogP contribution in [-0.2, 0) is 4.74 Å². The van der Waals surface area contributed by atoms with Gasteiger partial charge >= 0.3 is 0 Å². The van der Waals surface area contributed by atoms with Crippen LogP contribution in [0.1, 0.15) is 34.6 Å². The van der Waals surface area contributed by atoms with Crippen molar-refractivity contribution in [2.45, 2.75) is 40.7 Å². The Kier molecular flexibility index (Phi) is 2.26. The molecule has 0 saturated heterocycles. The second kappa shape index (κ2) is 2.88. The van der Waals surface area contributed by atoms with E-state index >= 15 is 0 Å². The Hall–Kier alpha value is -0.460. The summed E-state index contributed by atoms with van der Waals surface area (Å²) in [5.41, 5.74) is 1.41. The van der Waals surface area contributed by atoms with Gasteiger partial charge in [-0.05, 0) is 38.2 Å². The van der Waals surface area contributed by atoms with Gasteiger partial charge in [0.15, 0.2) is 0 Å². The normalized spacial score (nSPS) is 38.8. The smallest absolute Gasteiger partial charge is 0.0985 e. The third-order valence-corrected chi connectivity index (χ3v) is 3.13. The van der Waals surface area contributed by atoms with Gasteiger partial charge in [-0.3, -0.25) is 0 Å². The molecule has 11 heavy (non-hydrogen) atoms. The number of hydrogen-bond acceptors (Lipinski definition) is 1. The van der Waals surface area contributed by atoms with Gasteiger partial charge in [0.05, 0.1) is 11.9 Å². The Balaban J connectivity index is 2.86. The lowest BCUT2D eigenvalue weighted by molar-refractivity contribution is 0.0448. The molecular weight excluding hydrogens is 136 g/mol. The maximum Gasteiger partial charge on any atom is 0.0985 e. The van der Waals surface area contributed by atoms with Crippen molar-refractivity contribution in [1.82, 2.24) is 0 Å². The fourth-order valence-electron chi connectivity index (χ4n) is 1.60. The van der Waals surface area contributed by atoms with E-state index in [1.165, 1.54) is 5.57 Å². The molecule has 64 valence electrons. The number of hydrogen-bond donors (Lipinski definition) is 0. The molecule has 0 radical (unpaired) electrons. The molecule has 0 spiro atoms. The van der Waals surface area contributed by atoms with Crippen molar-refractivity contribution in [2.24, 2.45) is 11.8 Å². The zero-order valence-corrected chi connectivity index (χ0v) is 8.14. The van der Waals surface area contributed by atoms with Crippen molar-refractivity contribution < 1.29 is 4.74 Å². The molecule has 0 N–H and O–H groups in total. The molecule has 1 aliphatic rings. The maximum atomic E-state index is 5.66. The Bertz CT molecular complexity index is 181. The van der Waals surface area contributed by atoms with Crippen LogP contribution in [0.2, 0.25) is 0 Å². The van der Waals surface area contributed by atoms with E-state index in [-0.39, 0.29) is 0 Å². The van der Waals surface area contributed by atoms with E-state index in [1.54, 1.807) is 0 Å². The molecule has 0 aromatic rings. The number of ether oxygens (including phenoxy) is 1. The minimum absolute atomic E-state index is 0.383. The molecule has 1 rings (SSSR count). The first-order valence-corrected chi connectivity index (χ1v) is 4.38. The van der Waals surface area contributed by atoms with E-state index in [0.717, 1.165) is 5.76 Å². The van der Waals surface area contributed by atoms with Crippen LogP contribution in [0.3, 0.4) is 0 Å². The Labute approximate surface area is 69.4 Å². The van der Waals surface area contributed by atoms with Crippen molar-refractivity contribution in [2.75, 3.05) is 0 Å². The standard InChI is InChI=1S/C10H18O/c1-6-7(2)9(4)11-10(5)8(6)3/h6-7,9H,1-5H3. The van der Waals surface area contributed by atoms with E-state index in [9.17, 15) is 0 Å². The van der Waals surface area contributed by atoms with E-state index < -0.39 is 0 Å². The molecule has 1 heteroatoms. The predicted molar refractivity (Wildman–Crippen MR) is 47.2 cm³/mol. The Morgan fingerprint density at radius 3 is 2.18 bits per heavy atom. The minimum Gasteiger partial charge on any atom is -0.495 e. The van der Waals surface area contributed by atoms with Crippen molar-refractivity contribution in [3.8, 4) is 0 Å². The van der Waals surface area contributed by atoms with Gasteiger partial charge in [0, 0.05) is 0 Å². The van der Waals surface area contributed by atoms with Crippen LogP contribution in [0.15, 0.2) is 11.3 Å². The molecular formula is C10H18O. The van der Waals surface area contributed by atoms with Gasteiger partial charge in [0.1, 0.15) is 0 Å². The average Bonchev–Trinajstić information content (AvgIpc) is 1.97. The highest BCUT2D eigenvalue weighted by atomic mass is 16.5. The number of allylic oxidation sites excluding steroid dienone is 2. The molecule has 0 saturated carbocycles. The molecule has 0 aromatic heterocycles. The van der Waals surface area contributed by atoms with Gasteiger partial charge in [-0.25, -0.2) is 0 Å². The first-order valence-electron chi connectivity index (χ1n) is 4.38. The number of rotatable bonds is 0. The molecule has 0 fully saturated rings. The first kappa shape index (κ1) is 8.63. The lowest BCUT2D eigenvalue weighted by Crippen LogP contribution is -2.29. The van der Waals surface area contributed by atoms with E-state index in [4.69, 9.17) is 4.74 Å². The van der Waals surface area contributed by atoms with Gasteiger partial charge in [-0.2, -0.15) is 0 Å². The molecule has 0 amide bonds. The van der Waals surface area contributed by atoms with Crippen LogP contribution in [-0.4, -0.2) is 6.10 Å². The van der Waals surface area contributed by atoms with Crippen molar-refractivity contribution in [3.63, 3.8) is 0 Å². The van der Waals surface area contributed by atoms with E-state index in [1.807, 2.05) is 0 Å². The van der Waals surface area contributed by atoms with Gasteiger partial charge in [-0.15, -0.1) is 0 Å². The quantitative estimate of drug-likeness (QED) is 0.521. The third kappa shape index (κ3) is 1.42. The van der Waals surface area contributed by atoms with E-state index in [2.05, 4.69) is 34.6 Å². The summed E-state index contributed by atoms with van der Waals surface area (Å²) in [6.07, 6.45) is 0.383. The lowest BCUT2D eigenvalue weighted by Gasteiger charge is -2.34. The van der Waals surface area contributed by atoms with Crippen LogP contribution in [0, 0.1) is 11.8 Å². The van der Waals surface area contributed by atoms with Crippen LogP contribution >= 0.6 is 0 Å². The van der Waals surface area contributed by atoms with Crippen LogP contribution in [0.5, 0.6) is 0 Å². The minimum atomic E-state index is 0.383. The highest BCUT2D eigenvalue weighted by Gasteiger charge is 2.27. The van der Waals surface area contributed by atoms with Crippen LogP contribution in [0.4, 0.5) is 0 Å². The predicted octanol–water partition coefficient (Wildman–Crippen LogP) is 2.97. The summed E-state index contributed by atoms with van der Waals surface area (Å²) in [7, 11) is 0. The summed E-state index contributed by atoms with van der Waals surface area (Å²) in [5, 5.41) is 0. The fraction of sp³-hybridized carbons (Fsp3) is 0.800. The van der Waals surface area contributed by atoms with Crippen molar-refractivity contribution in [1.29, 1.82) is 0 Å². The largest absolute Gasteiger partial charge is 0.495 e. The highest BCUT2D eigenvalue weighted by molar-refractivity contribution is 5.11. The zero-order chi connectivity index (χ0) is 8.59. The summed E-state index contributed by atoms with van der Waals surface area (Å²) in [4.78, 5) is 0. The van der Waals surface area contributed by atoms with Gasteiger partial charge in [-0.1, -0.05) is 13.8 Å². The second-order valence-electron chi connectivity index (χ2n) is 3.71. The summed E-state index contributed by atoms with van der Waals surface area (Å²) in [6, 6.07) is 0. The summed E-state index contributed by atoms with van der Waals surface area (Å²) >= 11 is 0. The SMILES string of the molecule is CC1=C(C)C(C)C(C)C(C)O1. The molecule has 3 atom stereocenters. The summed E-state index contributed by atoms with van der Waals surface area (Å²) < 4.78 is 5.66. The van der Waals surface area contributed by atoms with Gasteiger partial charge in [0.25, 0.3) is 0 Å². The van der Waals surface area contributed by atoms with Gasteiger partial charge in [0.2, 0.25) is 0 Å². The summed E-state index contributed by atoms with van der Waals surface area (Å²) in [5.74, 6) is 2.46. The topological polar surface area (TPSA) is 9.23 Å². The molecule has 0 bridgehead atoms. The van der Waals surface area contributed by atoms with Crippen LogP contribution < -0.4 is 0 Å². The van der Waals surface area contributed by atoms with Crippen LogP contribution in [0.25, 0.3) is 0 Å². The van der Waals surface area contributed by atoms with E-state index in [0.29, 0.717) is 17.9 Å². The van der Waals surface area contributed by atoms with Gasteiger partial charge < -0.3 is 4.74 Å². The molecule has 1 heterocycles. The zero-order valence-electron chi connectivity index (χ0n) is 8.14. The summed E-state index contributed by atoms with van der Waals surface area (Å²) in [6.45, 7) is 10.9. The molecule has 0 aromatic carbocycles. The Morgan fingerprint density at radius 2 is 1.64 bits per heavy atom. The lowest BCUT2D eigenvalue weighted by atomic mass is 9.83. The second-order valence-corrected chi connectivity index (χ2v) is 3.71. The fourth-order valence-corrected chi connectivity index (χ4v) is 1.60. The Morgan fingerprint density at radius 1 is 1.09 bits per heavy atom. The molecule has 3 unspecified atom stereocenters. The third-order valence-electron chi connectivity index (χ3n) is 3.13. The maximum absolute atomic E-state index is 5.66. The monoisotopic (exact) mass is 154 g/mol. The first-order chi connectivity index (χ1) is 5.04. The highest BCUT2D eigenvalue weighted by Crippen LogP contribution is 2.32. The molecule has 0 aliphatic carbocycles. The molecule has 1 aliphatic heterocycles. The molecule has 1 nitrogen and oxygen atoms in total. The van der Waals surface area contributed by atoms with Crippen molar-refractivity contribution in [3.05, 3.63) is 11.3 Å². The average molecular weight is 154 g/mol. The van der Waals surface area contributed by atoms with Crippen molar-refractivity contribution >= 4 is 0 Å².